The average molecular weight is 276 g/mol. The number of benzene rings is 1. The molecule has 1 aromatic rings. The summed E-state index contributed by atoms with van der Waals surface area (Å²) >= 11 is 2.10. The van der Waals surface area contributed by atoms with Gasteiger partial charge in [-0.2, -0.15) is 0 Å². The fourth-order valence-electron chi connectivity index (χ4n) is 0.662. The van der Waals surface area contributed by atoms with E-state index in [4.69, 9.17) is 5.11 Å². The maximum absolute atomic E-state index is 9.04. The Labute approximate surface area is 81.8 Å². The van der Waals surface area contributed by atoms with Gasteiger partial charge >= 0.3 is 0 Å². The highest BCUT2D eigenvalue weighted by molar-refractivity contribution is 14.2. The van der Waals surface area contributed by atoms with Crippen molar-refractivity contribution in [2.24, 2.45) is 0 Å². The molecular formula is C8H5IOS. The van der Waals surface area contributed by atoms with Crippen LogP contribution in [-0.2, 0) is 0 Å². The van der Waals surface area contributed by atoms with E-state index < -0.39 is 0 Å². The molecule has 1 rings (SSSR count). The lowest BCUT2D eigenvalue weighted by atomic mass is 10.2. The second-order valence-corrected chi connectivity index (χ2v) is 3.53. The molecule has 0 bridgehead atoms. The Morgan fingerprint density at radius 2 is 2.27 bits per heavy atom. The van der Waals surface area contributed by atoms with E-state index >= 15 is 0 Å². The van der Waals surface area contributed by atoms with Crippen molar-refractivity contribution in [2.75, 3.05) is 0 Å². The Morgan fingerprint density at radius 1 is 1.45 bits per heavy atom. The van der Waals surface area contributed by atoms with Crippen molar-refractivity contribution in [3.8, 4) is 16.9 Å². The number of phenolic OH excluding ortho intramolecular Hbond substituents is 1. The molecule has 1 N–H and O–H groups in total. The predicted molar refractivity (Wildman–Crippen MR) is 56.6 cm³/mol. The van der Waals surface area contributed by atoms with Crippen molar-refractivity contribution in [1.29, 1.82) is 0 Å². The van der Waals surface area contributed by atoms with Crippen LogP contribution in [0.25, 0.3) is 0 Å². The smallest absolute Gasteiger partial charge is 0.116 e. The topological polar surface area (TPSA) is 20.2 Å². The molecule has 0 atom stereocenters. The summed E-state index contributed by atoms with van der Waals surface area (Å²) in [6.45, 7) is 0. The molecule has 3 heteroatoms. The predicted octanol–water partition coefficient (Wildman–Crippen LogP) is 2.78. The second kappa shape index (κ2) is 4.52. The van der Waals surface area contributed by atoms with E-state index in [2.05, 4.69) is 32.4 Å². The quantitative estimate of drug-likeness (QED) is 0.581. The van der Waals surface area contributed by atoms with Gasteiger partial charge in [0.2, 0.25) is 0 Å². The Bertz CT molecular complexity index is 300. The molecule has 0 saturated carbocycles. The molecule has 0 fully saturated rings. The van der Waals surface area contributed by atoms with Crippen LogP contribution in [0.4, 0.5) is 0 Å². The van der Waals surface area contributed by atoms with Crippen LogP contribution in [0.3, 0.4) is 0 Å². The van der Waals surface area contributed by atoms with Crippen molar-refractivity contribution < 1.29 is 5.11 Å². The van der Waals surface area contributed by atoms with E-state index in [-0.39, 0.29) is 5.75 Å². The standard InChI is InChI=1S/C8H5IOS/c9-11-5-4-7-2-1-3-8(10)6-7/h1-3,6,10H. The van der Waals surface area contributed by atoms with Gasteiger partial charge in [-0.3, -0.25) is 0 Å². The Kier molecular flexibility index (Phi) is 3.60. The maximum Gasteiger partial charge on any atom is 0.116 e. The molecular weight excluding hydrogens is 271 g/mol. The fourth-order valence-corrected chi connectivity index (χ4v) is 1.15. The monoisotopic (exact) mass is 276 g/mol. The van der Waals surface area contributed by atoms with E-state index in [0.29, 0.717) is 0 Å². The summed E-state index contributed by atoms with van der Waals surface area (Å²) in [6, 6.07) is 6.90. The zero-order chi connectivity index (χ0) is 8.10. The van der Waals surface area contributed by atoms with Crippen molar-refractivity contribution in [1.82, 2.24) is 0 Å². The van der Waals surface area contributed by atoms with Gasteiger partial charge in [0.05, 0.1) is 0 Å². The zero-order valence-corrected chi connectivity index (χ0v) is 8.52. The molecule has 0 aliphatic carbocycles. The summed E-state index contributed by atoms with van der Waals surface area (Å²) < 4.78 is 0. The highest BCUT2D eigenvalue weighted by Crippen LogP contribution is 2.11. The van der Waals surface area contributed by atoms with Crippen LogP contribution in [0.15, 0.2) is 24.3 Å². The molecule has 0 saturated heterocycles. The first-order valence-corrected chi connectivity index (χ1v) is 6.26. The molecule has 0 heterocycles. The van der Waals surface area contributed by atoms with E-state index in [0.717, 1.165) is 5.56 Å². The number of phenols is 1. The largest absolute Gasteiger partial charge is 0.508 e. The van der Waals surface area contributed by atoms with Gasteiger partial charge in [-0.05, 0) is 32.4 Å². The molecule has 1 nitrogen and oxygen atoms in total. The van der Waals surface area contributed by atoms with Crippen molar-refractivity contribution >= 4 is 30.1 Å². The zero-order valence-electron chi connectivity index (χ0n) is 5.54. The van der Waals surface area contributed by atoms with Gasteiger partial charge in [0.1, 0.15) is 5.75 Å². The van der Waals surface area contributed by atoms with Gasteiger partial charge in [0.15, 0.2) is 0 Å². The van der Waals surface area contributed by atoms with E-state index in [1.165, 1.54) is 8.93 Å². The van der Waals surface area contributed by atoms with E-state index in [9.17, 15) is 0 Å². The number of hydrogen-bond donors (Lipinski definition) is 1. The third-order valence-electron chi connectivity index (χ3n) is 1.08. The van der Waals surface area contributed by atoms with Gasteiger partial charge < -0.3 is 5.11 Å². The summed E-state index contributed by atoms with van der Waals surface area (Å²) in [5.41, 5.74) is 0.842. The maximum atomic E-state index is 9.04. The van der Waals surface area contributed by atoms with Crippen LogP contribution >= 0.6 is 30.1 Å². The minimum Gasteiger partial charge on any atom is -0.508 e. The second-order valence-electron chi connectivity index (χ2n) is 1.85. The minimum atomic E-state index is 0.259. The van der Waals surface area contributed by atoms with Gasteiger partial charge in [0, 0.05) is 26.8 Å². The first-order chi connectivity index (χ1) is 5.33. The van der Waals surface area contributed by atoms with Crippen molar-refractivity contribution in [2.45, 2.75) is 0 Å². The third kappa shape index (κ3) is 3.04. The lowest BCUT2D eigenvalue weighted by Gasteiger charge is -1.90. The molecule has 0 spiro atoms. The van der Waals surface area contributed by atoms with Gasteiger partial charge in [-0.1, -0.05) is 12.0 Å². The SMILES string of the molecule is Oc1cccc(C#CSI)c1. The molecule has 1 aromatic carbocycles. The van der Waals surface area contributed by atoms with Gasteiger partial charge in [0.25, 0.3) is 0 Å². The Balaban J connectivity index is 2.87. The summed E-state index contributed by atoms with van der Waals surface area (Å²) in [6.07, 6.45) is 0. The van der Waals surface area contributed by atoms with Gasteiger partial charge in [-0.15, -0.1) is 0 Å². The molecule has 56 valence electrons. The first kappa shape index (κ1) is 8.75. The normalized spacial score (nSPS) is 8.45. The summed E-state index contributed by atoms with van der Waals surface area (Å²) in [5.74, 6) is 3.14. The van der Waals surface area contributed by atoms with Crippen LogP contribution in [0.5, 0.6) is 5.75 Å². The van der Waals surface area contributed by atoms with Crippen molar-refractivity contribution in [3.63, 3.8) is 0 Å². The van der Waals surface area contributed by atoms with Crippen LogP contribution in [0.1, 0.15) is 5.56 Å². The molecule has 11 heavy (non-hydrogen) atoms. The first-order valence-electron chi connectivity index (χ1n) is 2.90. The minimum absolute atomic E-state index is 0.259. The molecule has 0 aromatic heterocycles. The number of rotatable bonds is 0. The summed E-state index contributed by atoms with van der Waals surface area (Å²) in [5, 5.41) is 11.9. The Hall–Kier alpha value is -0.340. The van der Waals surface area contributed by atoms with Gasteiger partial charge in [-0.25, -0.2) is 0 Å². The average Bonchev–Trinajstić information content (AvgIpc) is 2.01. The highest BCUT2D eigenvalue weighted by Gasteiger charge is 1.87. The third-order valence-corrected chi connectivity index (χ3v) is 1.92. The lowest BCUT2D eigenvalue weighted by molar-refractivity contribution is 0.475. The molecule has 0 radical (unpaired) electrons. The summed E-state index contributed by atoms with van der Waals surface area (Å²) in [4.78, 5) is 0. The lowest BCUT2D eigenvalue weighted by Crippen LogP contribution is -1.70. The summed E-state index contributed by atoms with van der Waals surface area (Å²) in [7, 11) is 1.43. The number of hydrogen-bond acceptors (Lipinski definition) is 2. The van der Waals surface area contributed by atoms with Crippen LogP contribution in [0, 0.1) is 11.2 Å². The van der Waals surface area contributed by atoms with Crippen LogP contribution in [0.2, 0.25) is 0 Å². The number of halogens is 1. The molecule has 0 aliphatic rings. The van der Waals surface area contributed by atoms with E-state index in [1.807, 2.05) is 6.07 Å². The molecule has 0 unspecified atom stereocenters. The fraction of sp³-hybridized carbons (Fsp3) is 0. The Morgan fingerprint density at radius 3 is 2.91 bits per heavy atom. The van der Waals surface area contributed by atoms with Crippen LogP contribution in [-0.4, -0.2) is 5.11 Å². The van der Waals surface area contributed by atoms with E-state index in [1.54, 1.807) is 18.2 Å². The van der Waals surface area contributed by atoms with Crippen LogP contribution < -0.4 is 0 Å². The highest BCUT2D eigenvalue weighted by atomic mass is 127. The van der Waals surface area contributed by atoms with Crippen molar-refractivity contribution in [3.05, 3.63) is 29.8 Å². The number of aromatic hydroxyl groups is 1. The molecule has 0 aliphatic heterocycles. The molecule has 0 amide bonds.